The van der Waals surface area contributed by atoms with Crippen LogP contribution in [0.1, 0.15) is 6.92 Å². The number of anilines is 3. The second-order valence-corrected chi connectivity index (χ2v) is 5.32. The van der Waals surface area contributed by atoms with Crippen molar-refractivity contribution in [2.24, 2.45) is 0 Å². The van der Waals surface area contributed by atoms with Crippen molar-refractivity contribution in [2.45, 2.75) is 6.92 Å². The van der Waals surface area contributed by atoms with Crippen LogP contribution in [0.5, 0.6) is 5.75 Å². The Morgan fingerprint density at radius 2 is 2.10 bits per heavy atom. The monoisotopic (exact) mass is 358 g/mol. The van der Waals surface area contributed by atoms with Gasteiger partial charge in [0, 0.05) is 22.3 Å². The molecule has 0 fully saturated rings. The lowest BCUT2D eigenvalue weighted by molar-refractivity contribution is 0.322. The van der Waals surface area contributed by atoms with Crippen molar-refractivity contribution in [3.05, 3.63) is 45.6 Å². The van der Waals surface area contributed by atoms with E-state index >= 15 is 0 Å². The van der Waals surface area contributed by atoms with Gasteiger partial charge in [-0.05, 0) is 41.1 Å². The van der Waals surface area contributed by atoms with E-state index in [0.29, 0.717) is 23.0 Å². The molecule has 0 spiro atoms. The molecule has 3 N–H and O–H groups in total. The van der Waals surface area contributed by atoms with Crippen molar-refractivity contribution < 1.29 is 9.13 Å². The minimum atomic E-state index is -0.479. The first-order valence-corrected chi connectivity index (χ1v) is 7.12. The van der Waals surface area contributed by atoms with Crippen LogP contribution >= 0.6 is 27.5 Å². The van der Waals surface area contributed by atoms with E-state index in [2.05, 4.69) is 21.2 Å². The summed E-state index contributed by atoms with van der Waals surface area (Å²) >= 11 is 9.27. The summed E-state index contributed by atoms with van der Waals surface area (Å²) in [7, 11) is 0. The van der Waals surface area contributed by atoms with E-state index in [-0.39, 0.29) is 5.75 Å². The van der Waals surface area contributed by atoms with Crippen LogP contribution in [-0.2, 0) is 0 Å². The van der Waals surface area contributed by atoms with Gasteiger partial charge < -0.3 is 15.8 Å². The molecule has 0 atom stereocenters. The Bertz CT molecular complexity index is 637. The van der Waals surface area contributed by atoms with E-state index in [0.717, 1.165) is 10.2 Å². The number of ether oxygens (including phenoxy) is 1. The zero-order valence-electron chi connectivity index (χ0n) is 10.7. The van der Waals surface area contributed by atoms with Crippen molar-refractivity contribution in [3.8, 4) is 5.75 Å². The topological polar surface area (TPSA) is 47.3 Å². The van der Waals surface area contributed by atoms with Crippen LogP contribution in [0.2, 0.25) is 5.02 Å². The smallest absolute Gasteiger partial charge is 0.167 e. The molecular formula is C14H13BrClFN2O. The standard InChI is InChI=1S/C14H13BrClFN2O/c1-2-20-14-7-13(12(18)6-11(14)17)19-8-3-4-10(16)9(15)5-8/h3-7,19H,2,18H2,1H3. The zero-order chi connectivity index (χ0) is 14.7. The average molecular weight is 360 g/mol. The summed E-state index contributed by atoms with van der Waals surface area (Å²) in [5.41, 5.74) is 7.46. The van der Waals surface area contributed by atoms with Crippen LogP contribution in [-0.4, -0.2) is 6.61 Å². The Morgan fingerprint density at radius 1 is 1.35 bits per heavy atom. The van der Waals surface area contributed by atoms with Crippen LogP contribution in [0.15, 0.2) is 34.8 Å². The molecule has 0 saturated carbocycles. The number of hydrogen-bond donors (Lipinski definition) is 2. The first kappa shape index (κ1) is 14.9. The zero-order valence-corrected chi connectivity index (χ0v) is 13.1. The van der Waals surface area contributed by atoms with Crippen LogP contribution in [0, 0.1) is 5.82 Å². The van der Waals surface area contributed by atoms with E-state index < -0.39 is 5.82 Å². The molecule has 20 heavy (non-hydrogen) atoms. The van der Waals surface area contributed by atoms with Crippen molar-refractivity contribution in [3.63, 3.8) is 0 Å². The van der Waals surface area contributed by atoms with Gasteiger partial charge in [-0.15, -0.1) is 0 Å². The van der Waals surface area contributed by atoms with Gasteiger partial charge in [-0.25, -0.2) is 4.39 Å². The molecule has 3 nitrogen and oxygen atoms in total. The molecule has 0 aliphatic rings. The van der Waals surface area contributed by atoms with E-state index in [1.165, 1.54) is 12.1 Å². The Labute approximate surface area is 130 Å². The molecule has 0 aliphatic carbocycles. The van der Waals surface area contributed by atoms with Gasteiger partial charge in [-0.2, -0.15) is 0 Å². The molecule has 2 aromatic carbocycles. The second kappa shape index (κ2) is 6.33. The van der Waals surface area contributed by atoms with Crippen molar-refractivity contribution >= 4 is 44.6 Å². The Balaban J connectivity index is 2.32. The maximum absolute atomic E-state index is 13.6. The summed E-state index contributed by atoms with van der Waals surface area (Å²) in [6.07, 6.45) is 0. The molecule has 0 bridgehead atoms. The molecule has 0 saturated heterocycles. The Kier molecular flexibility index (Phi) is 4.73. The summed E-state index contributed by atoms with van der Waals surface area (Å²) in [4.78, 5) is 0. The third-order valence-electron chi connectivity index (χ3n) is 2.60. The summed E-state index contributed by atoms with van der Waals surface area (Å²) < 4.78 is 19.6. The Morgan fingerprint density at radius 3 is 2.75 bits per heavy atom. The van der Waals surface area contributed by atoms with E-state index in [1.807, 2.05) is 6.07 Å². The summed E-state index contributed by atoms with van der Waals surface area (Å²) in [6.45, 7) is 2.17. The fraction of sp³-hybridized carbons (Fsp3) is 0.143. The summed E-state index contributed by atoms with van der Waals surface area (Å²) in [6, 6.07) is 8.13. The molecule has 0 amide bonds. The highest BCUT2D eigenvalue weighted by Gasteiger charge is 2.09. The van der Waals surface area contributed by atoms with Gasteiger partial charge in [0.25, 0.3) is 0 Å². The van der Waals surface area contributed by atoms with Crippen molar-refractivity contribution in [2.75, 3.05) is 17.7 Å². The highest BCUT2D eigenvalue weighted by molar-refractivity contribution is 9.10. The number of rotatable bonds is 4. The number of nitrogen functional groups attached to an aromatic ring is 1. The fourth-order valence-electron chi connectivity index (χ4n) is 1.67. The SMILES string of the molecule is CCOc1cc(Nc2ccc(Cl)c(Br)c2)c(N)cc1F. The van der Waals surface area contributed by atoms with Crippen LogP contribution in [0.4, 0.5) is 21.5 Å². The number of nitrogens with one attached hydrogen (secondary N) is 1. The normalized spacial score (nSPS) is 10.4. The molecule has 106 valence electrons. The quantitative estimate of drug-likeness (QED) is 0.758. The van der Waals surface area contributed by atoms with Crippen LogP contribution < -0.4 is 15.8 Å². The van der Waals surface area contributed by atoms with Gasteiger partial charge in [-0.1, -0.05) is 11.6 Å². The van der Waals surface area contributed by atoms with Crippen molar-refractivity contribution in [1.29, 1.82) is 0 Å². The predicted octanol–water partition coefficient (Wildman–Crippen LogP) is 4.97. The average Bonchev–Trinajstić information content (AvgIpc) is 2.39. The number of nitrogens with two attached hydrogens (primary N) is 1. The van der Waals surface area contributed by atoms with Gasteiger partial charge in [-0.3, -0.25) is 0 Å². The number of halogens is 3. The summed E-state index contributed by atoms with van der Waals surface area (Å²) in [5.74, 6) is -0.315. The van der Waals surface area contributed by atoms with E-state index in [4.69, 9.17) is 22.1 Å². The van der Waals surface area contributed by atoms with Gasteiger partial charge >= 0.3 is 0 Å². The van der Waals surface area contributed by atoms with Gasteiger partial charge in [0.1, 0.15) is 0 Å². The van der Waals surface area contributed by atoms with Crippen molar-refractivity contribution in [1.82, 2.24) is 0 Å². The predicted molar refractivity (Wildman–Crippen MR) is 84.4 cm³/mol. The highest BCUT2D eigenvalue weighted by atomic mass is 79.9. The minimum absolute atomic E-state index is 0.164. The highest BCUT2D eigenvalue weighted by Crippen LogP contribution is 2.32. The van der Waals surface area contributed by atoms with Gasteiger partial charge in [0.05, 0.1) is 23.0 Å². The maximum Gasteiger partial charge on any atom is 0.167 e. The lowest BCUT2D eigenvalue weighted by Gasteiger charge is -2.13. The molecule has 6 heteroatoms. The van der Waals surface area contributed by atoms with E-state index in [1.54, 1.807) is 19.1 Å². The number of benzene rings is 2. The third-order valence-corrected chi connectivity index (χ3v) is 3.82. The summed E-state index contributed by atoms with van der Waals surface area (Å²) in [5, 5.41) is 3.71. The third kappa shape index (κ3) is 3.35. The Hall–Kier alpha value is -1.46. The molecule has 0 unspecified atom stereocenters. The van der Waals surface area contributed by atoms with Crippen LogP contribution in [0.25, 0.3) is 0 Å². The lowest BCUT2D eigenvalue weighted by Crippen LogP contribution is -2.01. The molecule has 0 radical (unpaired) electrons. The first-order chi connectivity index (χ1) is 9.51. The van der Waals surface area contributed by atoms with Crippen LogP contribution in [0.3, 0.4) is 0 Å². The molecule has 2 aromatic rings. The second-order valence-electron chi connectivity index (χ2n) is 4.06. The van der Waals surface area contributed by atoms with Gasteiger partial charge in [0.2, 0.25) is 0 Å². The van der Waals surface area contributed by atoms with Gasteiger partial charge in [0.15, 0.2) is 11.6 Å². The molecule has 0 aliphatic heterocycles. The molecule has 0 heterocycles. The first-order valence-electron chi connectivity index (χ1n) is 5.95. The minimum Gasteiger partial charge on any atom is -0.491 e. The van der Waals surface area contributed by atoms with E-state index in [9.17, 15) is 4.39 Å². The molecule has 2 rings (SSSR count). The molecule has 0 aromatic heterocycles. The number of hydrogen-bond acceptors (Lipinski definition) is 3. The lowest BCUT2D eigenvalue weighted by atomic mass is 10.2. The largest absolute Gasteiger partial charge is 0.491 e. The maximum atomic E-state index is 13.6. The fourth-order valence-corrected chi connectivity index (χ4v) is 2.17. The molecular weight excluding hydrogens is 347 g/mol.